The lowest BCUT2D eigenvalue weighted by Gasteiger charge is -1.80. The molecule has 0 fully saturated rings. The molecule has 1 aromatic carbocycles. The molecule has 0 bridgehead atoms. The first-order valence-electron chi connectivity index (χ1n) is 4.30. The maximum Gasteiger partial charge on any atom is 0.119 e. The van der Waals surface area contributed by atoms with Gasteiger partial charge in [-0.25, -0.2) is 19.9 Å². The molecule has 15 heavy (non-hydrogen) atoms. The summed E-state index contributed by atoms with van der Waals surface area (Å²) in [5.74, 6) is 0. The summed E-state index contributed by atoms with van der Waals surface area (Å²) < 4.78 is 1.26. The predicted octanol–water partition coefficient (Wildman–Crippen LogP) is 2.17. The van der Waals surface area contributed by atoms with Crippen molar-refractivity contribution in [2.45, 2.75) is 0 Å². The highest BCUT2D eigenvalue weighted by Gasteiger charge is 1.89. The van der Waals surface area contributed by atoms with Crippen molar-refractivity contribution in [3.05, 3.63) is 48.8 Å². The number of aromatic nitrogens is 4. The Labute approximate surface area is 90.7 Å². The van der Waals surface area contributed by atoms with E-state index in [0.29, 0.717) is 0 Å². The fraction of sp³-hybridized carbons (Fsp3) is 0. The van der Waals surface area contributed by atoms with Crippen LogP contribution in [0.25, 0.3) is 10.2 Å². The number of rotatable bonds is 0. The smallest absolute Gasteiger partial charge is 0.119 e. The molecule has 0 radical (unpaired) electrons. The summed E-state index contributed by atoms with van der Waals surface area (Å²) in [7, 11) is 0. The lowest BCUT2D eigenvalue weighted by molar-refractivity contribution is 1.05. The SMILES string of the molecule is c1ccc2scnc2c1.c1ncncn1. The van der Waals surface area contributed by atoms with Gasteiger partial charge >= 0.3 is 0 Å². The molecule has 0 saturated heterocycles. The Morgan fingerprint density at radius 3 is 2.13 bits per heavy atom. The molecule has 2 heterocycles. The van der Waals surface area contributed by atoms with E-state index in [-0.39, 0.29) is 0 Å². The topological polar surface area (TPSA) is 51.6 Å². The minimum atomic E-state index is 1.10. The Hall–Kier alpha value is -1.88. The fourth-order valence-corrected chi connectivity index (χ4v) is 1.69. The normalized spacial score (nSPS) is 9.33. The Morgan fingerprint density at radius 2 is 1.53 bits per heavy atom. The number of benzene rings is 1. The first-order chi connectivity index (χ1) is 7.47. The molecule has 2 aromatic heterocycles. The van der Waals surface area contributed by atoms with Gasteiger partial charge in [-0.3, -0.25) is 0 Å². The van der Waals surface area contributed by atoms with Gasteiger partial charge in [-0.05, 0) is 12.1 Å². The third kappa shape index (κ3) is 2.78. The summed E-state index contributed by atoms with van der Waals surface area (Å²) in [4.78, 5) is 14.8. The summed E-state index contributed by atoms with van der Waals surface area (Å²) in [6.07, 6.45) is 4.31. The molecule has 0 aliphatic heterocycles. The number of hydrogen-bond donors (Lipinski definition) is 0. The summed E-state index contributed by atoms with van der Waals surface area (Å²) in [5.41, 5.74) is 2.97. The molecule has 0 aliphatic carbocycles. The van der Waals surface area contributed by atoms with Crippen molar-refractivity contribution >= 4 is 21.6 Å². The molecule has 74 valence electrons. The summed E-state index contributed by atoms with van der Waals surface area (Å²) >= 11 is 1.68. The van der Waals surface area contributed by atoms with Gasteiger partial charge in [0.25, 0.3) is 0 Å². The van der Waals surface area contributed by atoms with Crippen LogP contribution in [0.3, 0.4) is 0 Å². The first-order valence-corrected chi connectivity index (χ1v) is 5.18. The van der Waals surface area contributed by atoms with Crippen LogP contribution in [0, 0.1) is 0 Å². The van der Waals surface area contributed by atoms with Crippen molar-refractivity contribution in [2.75, 3.05) is 0 Å². The van der Waals surface area contributed by atoms with Crippen molar-refractivity contribution in [1.82, 2.24) is 19.9 Å². The summed E-state index contributed by atoms with van der Waals surface area (Å²) in [6, 6.07) is 8.13. The van der Waals surface area contributed by atoms with Gasteiger partial charge in [-0.15, -0.1) is 11.3 Å². The van der Waals surface area contributed by atoms with Crippen molar-refractivity contribution < 1.29 is 0 Å². The number of nitrogens with zero attached hydrogens (tertiary/aromatic N) is 4. The quantitative estimate of drug-likeness (QED) is 0.578. The second-order valence-corrected chi connectivity index (χ2v) is 3.50. The van der Waals surface area contributed by atoms with Gasteiger partial charge in [0, 0.05) is 0 Å². The minimum absolute atomic E-state index is 1.10. The van der Waals surface area contributed by atoms with E-state index in [0.717, 1.165) is 5.52 Å². The van der Waals surface area contributed by atoms with Gasteiger partial charge in [0.2, 0.25) is 0 Å². The number of fused-ring (bicyclic) bond motifs is 1. The van der Waals surface area contributed by atoms with Gasteiger partial charge in [-0.2, -0.15) is 0 Å². The predicted molar refractivity (Wildman–Crippen MR) is 59.4 cm³/mol. The number of para-hydroxylation sites is 1. The highest BCUT2D eigenvalue weighted by atomic mass is 32.1. The van der Waals surface area contributed by atoms with Crippen LogP contribution in [0.4, 0.5) is 0 Å². The molecule has 0 spiro atoms. The Kier molecular flexibility index (Phi) is 3.30. The van der Waals surface area contributed by atoms with Gasteiger partial charge in [0.05, 0.1) is 15.7 Å². The standard InChI is InChI=1S/C7H5NS.C3H3N3/c1-2-4-7-6(3-1)8-5-9-7;1-4-2-6-3-5-1/h1-5H;1-3H. The number of hydrogen-bond acceptors (Lipinski definition) is 5. The second kappa shape index (κ2) is 5.11. The zero-order chi connectivity index (χ0) is 10.3. The maximum absolute atomic E-state index is 4.14. The molecule has 0 atom stereocenters. The van der Waals surface area contributed by atoms with E-state index in [1.165, 1.54) is 23.7 Å². The van der Waals surface area contributed by atoms with Gasteiger partial charge in [0.15, 0.2) is 0 Å². The molecule has 5 heteroatoms. The third-order valence-corrected chi connectivity index (χ3v) is 2.45. The second-order valence-electron chi connectivity index (χ2n) is 2.61. The Balaban J connectivity index is 0.000000124. The van der Waals surface area contributed by atoms with Crippen LogP contribution in [0.5, 0.6) is 0 Å². The maximum atomic E-state index is 4.14. The zero-order valence-corrected chi connectivity index (χ0v) is 8.63. The largest absolute Gasteiger partial charge is 0.245 e. The van der Waals surface area contributed by atoms with E-state index in [1.54, 1.807) is 11.3 Å². The van der Waals surface area contributed by atoms with E-state index in [9.17, 15) is 0 Å². The van der Waals surface area contributed by atoms with Gasteiger partial charge < -0.3 is 0 Å². The molecular formula is C10H8N4S. The molecular weight excluding hydrogens is 208 g/mol. The van der Waals surface area contributed by atoms with E-state index < -0.39 is 0 Å². The van der Waals surface area contributed by atoms with E-state index >= 15 is 0 Å². The van der Waals surface area contributed by atoms with E-state index in [1.807, 2.05) is 23.7 Å². The van der Waals surface area contributed by atoms with Crippen LogP contribution in [0.1, 0.15) is 0 Å². The van der Waals surface area contributed by atoms with Crippen molar-refractivity contribution in [1.29, 1.82) is 0 Å². The van der Waals surface area contributed by atoms with E-state index in [4.69, 9.17) is 0 Å². The van der Waals surface area contributed by atoms with Crippen molar-refractivity contribution in [3.63, 3.8) is 0 Å². The Bertz CT molecular complexity index is 452. The van der Waals surface area contributed by atoms with Gasteiger partial charge in [-0.1, -0.05) is 12.1 Å². The average molecular weight is 216 g/mol. The number of thiazole rings is 1. The molecule has 0 saturated carbocycles. The lowest BCUT2D eigenvalue weighted by atomic mass is 10.3. The first kappa shape index (κ1) is 9.67. The molecule has 3 aromatic rings. The van der Waals surface area contributed by atoms with E-state index in [2.05, 4.69) is 26.0 Å². The average Bonchev–Trinajstić information content (AvgIpc) is 2.80. The molecule has 0 amide bonds. The summed E-state index contributed by atoms with van der Waals surface area (Å²) in [6.45, 7) is 0. The van der Waals surface area contributed by atoms with Crippen LogP contribution in [0.15, 0.2) is 48.8 Å². The van der Waals surface area contributed by atoms with Crippen LogP contribution in [0.2, 0.25) is 0 Å². The lowest BCUT2D eigenvalue weighted by Crippen LogP contribution is -1.73. The Morgan fingerprint density at radius 1 is 0.867 bits per heavy atom. The fourth-order valence-electron chi connectivity index (χ4n) is 1.01. The van der Waals surface area contributed by atoms with Crippen LogP contribution < -0.4 is 0 Å². The molecule has 0 N–H and O–H groups in total. The highest BCUT2D eigenvalue weighted by molar-refractivity contribution is 7.16. The van der Waals surface area contributed by atoms with Crippen molar-refractivity contribution in [2.24, 2.45) is 0 Å². The van der Waals surface area contributed by atoms with Crippen LogP contribution >= 0.6 is 11.3 Å². The van der Waals surface area contributed by atoms with Crippen molar-refractivity contribution in [3.8, 4) is 0 Å². The van der Waals surface area contributed by atoms with Gasteiger partial charge in [0.1, 0.15) is 19.0 Å². The molecule has 4 nitrogen and oxygen atoms in total. The third-order valence-electron chi connectivity index (χ3n) is 1.64. The zero-order valence-electron chi connectivity index (χ0n) is 7.82. The minimum Gasteiger partial charge on any atom is -0.245 e. The molecule has 0 unspecified atom stereocenters. The summed E-state index contributed by atoms with van der Waals surface area (Å²) in [5, 5.41) is 0. The highest BCUT2D eigenvalue weighted by Crippen LogP contribution is 2.15. The van der Waals surface area contributed by atoms with Crippen LogP contribution in [-0.2, 0) is 0 Å². The molecule has 0 aliphatic rings. The monoisotopic (exact) mass is 216 g/mol. The van der Waals surface area contributed by atoms with Crippen LogP contribution in [-0.4, -0.2) is 19.9 Å². The molecule has 3 rings (SSSR count).